The highest BCUT2D eigenvalue weighted by atomic mass is 35.5. The van der Waals surface area contributed by atoms with Crippen LogP contribution < -0.4 is 14.4 Å². The Hall–Kier alpha value is -3.03. The molecule has 2 heterocycles. The fraction of sp³-hybridized carbons (Fsp3) is 0.541. The number of anilines is 1. The number of benzene rings is 2. The number of hydrogen-bond acceptors (Lipinski definition) is 7. The minimum absolute atomic E-state index is 0.0876. The van der Waals surface area contributed by atoms with E-state index in [-0.39, 0.29) is 23.3 Å². The molecule has 2 N–H and O–H groups in total. The van der Waals surface area contributed by atoms with E-state index in [0.29, 0.717) is 43.3 Å². The molecule has 10 heteroatoms. The highest BCUT2D eigenvalue weighted by Gasteiger charge is 2.45. The summed E-state index contributed by atoms with van der Waals surface area (Å²) in [6, 6.07) is 11.0. The predicted molar refractivity (Wildman–Crippen MR) is 188 cm³/mol. The molecule has 0 spiro atoms. The Morgan fingerprint density at radius 1 is 1.13 bits per heavy atom. The Bertz CT molecular complexity index is 1650. The number of halogens is 1. The summed E-state index contributed by atoms with van der Waals surface area (Å²) in [5.41, 5.74) is 1.87. The van der Waals surface area contributed by atoms with Crippen LogP contribution in [0.5, 0.6) is 5.75 Å². The molecule has 0 aromatic heterocycles. The Morgan fingerprint density at radius 3 is 2.68 bits per heavy atom. The predicted octanol–water partition coefficient (Wildman–Crippen LogP) is 5.82. The number of fused-ring (bicyclic) bond motifs is 3. The van der Waals surface area contributed by atoms with Gasteiger partial charge in [-0.05, 0) is 119 Å². The van der Waals surface area contributed by atoms with Crippen LogP contribution in [0.25, 0.3) is 0 Å². The quantitative estimate of drug-likeness (QED) is 0.305. The molecule has 47 heavy (non-hydrogen) atoms. The topological polar surface area (TPSA) is 99.2 Å². The van der Waals surface area contributed by atoms with Crippen molar-refractivity contribution in [2.45, 2.75) is 76.3 Å². The van der Waals surface area contributed by atoms with E-state index in [9.17, 15) is 18.3 Å². The molecule has 2 bridgehead atoms. The first-order chi connectivity index (χ1) is 22.4. The molecule has 3 aliphatic rings. The molecule has 0 unspecified atom stereocenters. The molecule has 5 rings (SSSR count). The summed E-state index contributed by atoms with van der Waals surface area (Å²) in [7, 11) is 0.0171. The van der Waals surface area contributed by atoms with E-state index in [1.165, 1.54) is 0 Å². The van der Waals surface area contributed by atoms with E-state index in [2.05, 4.69) is 26.4 Å². The number of aliphatic hydroxyl groups is 1. The van der Waals surface area contributed by atoms with Crippen LogP contribution in [0.3, 0.4) is 0 Å². The average molecular weight is 682 g/mol. The average Bonchev–Trinajstić information content (AvgIpc) is 3.03. The number of nitrogens with one attached hydrogen (secondary N) is 1. The molecule has 2 aliphatic heterocycles. The molecule has 2 aromatic rings. The third kappa shape index (κ3) is 8.53. The van der Waals surface area contributed by atoms with Crippen molar-refractivity contribution in [3.63, 3.8) is 0 Å². The van der Waals surface area contributed by atoms with Crippen LogP contribution in [0.1, 0.15) is 73.9 Å². The van der Waals surface area contributed by atoms with Crippen LogP contribution in [-0.2, 0) is 23.1 Å². The maximum absolute atomic E-state index is 13.4. The van der Waals surface area contributed by atoms with E-state index in [1.54, 1.807) is 31.2 Å². The van der Waals surface area contributed by atoms with Gasteiger partial charge in [0.2, 0.25) is 10.0 Å². The van der Waals surface area contributed by atoms with Crippen molar-refractivity contribution in [2.75, 3.05) is 38.6 Å². The molecule has 2 aromatic carbocycles. The van der Waals surface area contributed by atoms with Crippen LogP contribution >= 0.6 is 11.6 Å². The van der Waals surface area contributed by atoms with Crippen molar-refractivity contribution < 1.29 is 23.1 Å². The standard InChI is InChI=1S/C37H48ClN3O5S/c1-26-10-9-19-37(43,18-6-8-20-40(3)4)33-16-13-30(33)24-41-21-7-5-11-28-22-32(38)15-12-31(28)25-46-35-17-14-29(23-34(35)41)36(42)39-47(44,45)27(26)2/h9,12,14-15,17,19,22-23,26-27,30,33,43H,5,7-8,10-11,13,16,20-21,24-25H2,1-4H3,(H,39,42)/b19-9+/t26-,27+,30-,33+,37+/m0/s1. The Balaban J connectivity index is 1.56. The molecule has 1 aliphatic carbocycles. The molecular weight excluding hydrogens is 634 g/mol. The van der Waals surface area contributed by atoms with E-state index < -0.39 is 26.8 Å². The zero-order valence-corrected chi connectivity index (χ0v) is 29.5. The fourth-order valence-corrected chi connectivity index (χ4v) is 8.19. The van der Waals surface area contributed by atoms with Crippen molar-refractivity contribution in [1.82, 2.24) is 9.62 Å². The summed E-state index contributed by atoms with van der Waals surface area (Å²) in [6.45, 7) is 5.94. The van der Waals surface area contributed by atoms with E-state index in [1.807, 2.05) is 45.3 Å². The second-order valence-corrected chi connectivity index (χ2v) is 16.2. The molecule has 1 fully saturated rings. The van der Waals surface area contributed by atoms with Crippen LogP contribution in [0.4, 0.5) is 5.69 Å². The van der Waals surface area contributed by atoms with Crippen LogP contribution in [0.15, 0.2) is 48.6 Å². The summed E-state index contributed by atoms with van der Waals surface area (Å²) >= 11 is 6.34. The monoisotopic (exact) mass is 681 g/mol. The van der Waals surface area contributed by atoms with Crippen molar-refractivity contribution in [1.29, 1.82) is 0 Å². The number of nitrogens with zero attached hydrogens (tertiary/aromatic N) is 2. The minimum Gasteiger partial charge on any atom is -0.487 e. The third-order valence-electron chi connectivity index (χ3n) is 10.1. The molecule has 0 saturated heterocycles. The lowest BCUT2D eigenvalue weighted by Gasteiger charge is -2.46. The van der Waals surface area contributed by atoms with E-state index in [0.717, 1.165) is 55.5 Å². The van der Waals surface area contributed by atoms with Gasteiger partial charge >= 0.3 is 0 Å². The second kappa shape index (κ2) is 15.0. The summed E-state index contributed by atoms with van der Waals surface area (Å²) in [6.07, 6.45) is 9.19. The number of aryl methyl sites for hydroxylation is 1. The maximum Gasteiger partial charge on any atom is 0.264 e. The Morgan fingerprint density at radius 2 is 1.94 bits per heavy atom. The molecule has 1 saturated carbocycles. The normalized spacial score (nSPS) is 28.6. The van der Waals surface area contributed by atoms with Gasteiger partial charge in [0.05, 0.1) is 10.9 Å². The Kier molecular flexibility index (Phi) is 11.3. The second-order valence-electron chi connectivity index (χ2n) is 13.7. The lowest BCUT2D eigenvalue weighted by atomic mass is 9.64. The van der Waals surface area contributed by atoms with Gasteiger partial charge in [0.15, 0.2) is 0 Å². The third-order valence-corrected chi connectivity index (χ3v) is 12.2. The minimum atomic E-state index is -3.98. The van der Waals surface area contributed by atoms with Crippen molar-refractivity contribution in [2.24, 2.45) is 17.8 Å². The zero-order valence-electron chi connectivity index (χ0n) is 28.0. The number of rotatable bonds is 2. The van der Waals surface area contributed by atoms with Crippen LogP contribution in [0, 0.1) is 29.6 Å². The van der Waals surface area contributed by atoms with Gasteiger partial charge in [-0.3, -0.25) is 4.79 Å². The summed E-state index contributed by atoms with van der Waals surface area (Å²) < 4.78 is 35.5. The highest BCUT2D eigenvalue weighted by molar-refractivity contribution is 7.90. The van der Waals surface area contributed by atoms with Gasteiger partial charge in [0, 0.05) is 42.6 Å². The number of ether oxygens (including phenoxy) is 1. The fourth-order valence-electron chi connectivity index (χ4n) is 6.71. The first-order valence-electron chi connectivity index (χ1n) is 16.8. The SMILES string of the molecule is C[C@@H]1[C@@H](C)C/C=C/[C@](O)(C#CCCN(C)C)[C@@H]2CC[C@H]2CN2CCCCc3cc(Cl)ccc3COc3ccc(cc32)C(=O)NS1(=O)=O. The van der Waals surface area contributed by atoms with Gasteiger partial charge in [0.1, 0.15) is 18.0 Å². The smallest absolute Gasteiger partial charge is 0.264 e. The van der Waals surface area contributed by atoms with Crippen LogP contribution in [0.2, 0.25) is 5.02 Å². The molecule has 8 nitrogen and oxygen atoms in total. The van der Waals surface area contributed by atoms with Gasteiger partial charge < -0.3 is 19.6 Å². The largest absolute Gasteiger partial charge is 0.487 e. The summed E-state index contributed by atoms with van der Waals surface area (Å²) in [5, 5.41) is 12.0. The van der Waals surface area contributed by atoms with Gasteiger partial charge in [0.25, 0.3) is 5.91 Å². The molecule has 0 radical (unpaired) electrons. The van der Waals surface area contributed by atoms with Gasteiger partial charge in [-0.15, -0.1) is 0 Å². The lowest BCUT2D eigenvalue weighted by molar-refractivity contribution is -0.00298. The molecular formula is C37H48ClN3O5S. The lowest BCUT2D eigenvalue weighted by Crippen LogP contribution is -2.49. The number of allylic oxidation sites excluding steroid dienone is 1. The van der Waals surface area contributed by atoms with Crippen LogP contribution in [-0.4, -0.2) is 68.9 Å². The summed E-state index contributed by atoms with van der Waals surface area (Å²) in [4.78, 5) is 17.8. The number of hydrogen-bond donors (Lipinski definition) is 2. The first kappa shape index (κ1) is 35.3. The van der Waals surface area contributed by atoms with E-state index in [4.69, 9.17) is 16.3 Å². The number of carbonyl (C=O) groups excluding carboxylic acids is 1. The first-order valence-corrected chi connectivity index (χ1v) is 18.7. The van der Waals surface area contributed by atoms with Gasteiger partial charge in [-0.2, -0.15) is 0 Å². The van der Waals surface area contributed by atoms with Crippen molar-refractivity contribution >= 4 is 33.2 Å². The number of amides is 1. The van der Waals surface area contributed by atoms with Crippen molar-refractivity contribution in [3.8, 4) is 17.6 Å². The molecule has 1 amide bonds. The maximum atomic E-state index is 13.4. The Labute approximate surface area is 285 Å². The van der Waals surface area contributed by atoms with E-state index >= 15 is 0 Å². The number of carbonyl (C=O) groups is 1. The van der Waals surface area contributed by atoms with Crippen molar-refractivity contribution in [3.05, 3.63) is 70.3 Å². The van der Waals surface area contributed by atoms with Gasteiger partial charge in [-0.25, -0.2) is 13.1 Å². The molecule has 5 atom stereocenters. The summed E-state index contributed by atoms with van der Waals surface area (Å²) in [5.74, 6) is 6.17. The zero-order chi connectivity index (χ0) is 33.8. The van der Waals surface area contributed by atoms with Gasteiger partial charge in [-0.1, -0.05) is 42.5 Å². The molecule has 254 valence electrons. The highest BCUT2D eigenvalue weighted by Crippen LogP contribution is 2.45. The number of sulfonamides is 1.